The smallest absolute Gasteiger partial charge is 0.244 e. The molecule has 162 valence electrons. The van der Waals surface area contributed by atoms with Crippen molar-refractivity contribution in [3.8, 4) is 0 Å². The lowest BCUT2D eigenvalue weighted by atomic mass is 9.80. The number of rotatable bonds is 5. The van der Waals surface area contributed by atoms with Crippen molar-refractivity contribution in [2.45, 2.75) is 39.3 Å². The molecule has 1 amide bonds. The Morgan fingerprint density at radius 3 is 2.65 bits per heavy atom. The zero-order valence-electron chi connectivity index (χ0n) is 18.4. The van der Waals surface area contributed by atoms with Crippen molar-refractivity contribution in [1.82, 2.24) is 34.8 Å². The molecule has 0 saturated carbocycles. The lowest BCUT2D eigenvalue weighted by molar-refractivity contribution is -0.131. The standard InChI is InChI=1S/C23H29N7O/c1-16-9-17(2)30(27-16)13-21(31)29-12-20-11-28(10-19-7-5-4-6-8-19)14-23(20,15-29)22-24-18(3)25-26-22/h4-9,20H,10-15H2,1-3H3,(H,24,25,26)/t20-,23-/m0/s1. The highest BCUT2D eigenvalue weighted by Crippen LogP contribution is 2.44. The number of carbonyl (C=O) groups excluding carboxylic acids is 1. The molecule has 31 heavy (non-hydrogen) atoms. The van der Waals surface area contributed by atoms with Crippen LogP contribution in [0.2, 0.25) is 0 Å². The van der Waals surface area contributed by atoms with Gasteiger partial charge in [0.05, 0.1) is 11.1 Å². The maximum atomic E-state index is 13.2. The number of benzene rings is 1. The van der Waals surface area contributed by atoms with Gasteiger partial charge in [-0.25, -0.2) is 4.98 Å². The minimum atomic E-state index is -0.232. The molecule has 1 N–H and O–H groups in total. The van der Waals surface area contributed by atoms with Crippen LogP contribution in [0.25, 0.3) is 0 Å². The van der Waals surface area contributed by atoms with Crippen molar-refractivity contribution in [3.05, 3.63) is 65.0 Å². The molecule has 8 nitrogen and oxygen atoms in total. The number of nitrogens with zero attached hydrogens (tertiary/aromatic N) is 6. The van der Waals surface area contributed by atoms with Crippen LogP contribution in [0.1, 0.15) is 28.6 Å². The molecule has 2 aromatic heterocycles. The molecular weight excluding hydrogens is 390 g/mol. The van der Waals surface area contributed by atoms with E-state index in [4.69, 9.17) is 4.98 Å². The van der Waals surface area contributed by atoms with Crippen LogP contribution in [0.3, 0.4) is 0 Å². The van der Waals surface area contributed by atoms with Crippen LogP contribution in [-0.2, 0) is 23.3 Å². The Hall–Kier alpha value is -3.00. The SMILES string of the molecule is Cc1cc(C)n(CC(=O)N2C[C@@H]3CN(Cc4ccccc4)C[C@]3(c3n[nH]c(C)n3)C2)n1. The number of aromatic amines is 1. The zero-order valence-corrected chi connectivity index (χ0v) is 18.4. The van der Waals surface area contributed by atoms with Gasteiger partial charge in [-0.1, -0.05) is 30.3 Å². The number of H-pyrrole nitrogens is 1. The van der Waals surface area contributed by atoms with Crippen LogP contribution >= 0.6 is 0 Å². The summed E-state index contributed by atoms with van der Waals surface area (Å²) < 4.78 is 1.80. The first-order chi connectivity index (χ1) is 14.9. The van der Waals surface area contributed by atoms with E-state index < -0.39 is 0 Å². The second kappa shape index (κ2) is 7.60. The molecule has 8 heteroatoms. The molecule has 1 aromatic carbocycles. The second-order valence-electron chi connectivity index (χ2n) is 9.11. The predicted molar refractivity (Wildman–Crippen MR) is 116 cm³/mol. The molecule has 2 aliphatic rings. The number of likely N-dealkylation sites (tertiary alicyclic amines) is 2. The van der Waals surface area contributed by atoms with E-state index in [9.17, 15) is 4.79 Å². The quantitative estimate of drug-likeness (QED) is 0.682. The minimum absolute atomic E-state index is 0.113. The molecule has 0 aliphatic carbocycles. The number of hydrogen-bond acceptors (Lipinski definition) is 5. The van der Waals surface area contributed by atoms with E-state index in [2.05, 4.69) is 44.5 Å². The average molecular weight is 420 g/mol. The molecule has 0 spiro atoms. The summed E-state index contributed by atoms with van der Waals surface area (Å²) in [6.07, 6.45) is 0. The van der Waals surface area contributed by atoms with Crippen molar-refractivity contribution in [3.63, 3.8) is 0 Å². The first kappa shape index (κ1) is 19.9. The Labute approximate surface area is 182 Å². The van der Waals surface area contributed by atoms with Gasteiger partial charge in [0.25, 0.3) is 0 Å². The van der Waals surface area contributed by atoms with Crippen LogP contribution in [0.4, 0.5) is 0 Å². The summed E-state index contributed by atoms with van der Waals surface area (Å²) in [7, 11) is 0. The molecular formula is C23H29N7O. The van der Waals surface area contributed by atoms with Crippen molar-refractivity contribution in [1.29, 1.82) is 0 Å². The summed E-state index contributed by atoms with van der Waals surface area (Å²) in [5, 5.41) is 12.0. The van der Waals surface area contributed by atoms with Crippen LogP contribution < -0.4 is 0 Å². The van der Waals surface area contributed by atoms with E-state index in [1.807, 2.05) is 37.8 Å². The zero-order chi connectivity index (χ0) is 21.6. The van der Waals surface area contributed by atoms with E-state index >= 15 is 0 Å². The molecule has 2 fully saturated rings. The first-order valence-electron chi connectivity index (χ1n) is 10.9. The maximum Gasteiger partial charge on any atom is 0.244 e. The minimum Gasteiger partial charge on any atom is -0.340 e. The van der Waals surface area contributed by atoms with E-state index in [-0.39, 0.29) is 17.9 Å². The van der Waals surface area contributed by atoms with Gasteiger partial charge in [0.1, 0.15) is 12.4 Å². The van der Waals surface area contributed by atoms with Crippen LogP contribution in [0, 0.1) is 26.7 Å². The van der Waals surface area contributed by atoms with Gasteiger partial charge in [0.2, 0.25) is 5.91 Å². The normalized spacial score (nSPS) is 23.5. The third kappa shape index (κ3) is 3.65. The van der Waals surface area contributed by atoms with E-state index in [0.29, 0.717) is 12.5 Å². The topological polar surface area (TPSA) is 82.9 Å². The van der Waals surface area contributed by atoms with Crippen molar-refractivity contribution in [2.75, 3.05) is 26.2 Å². The number of carbonyl (C=O) groups is 1. The molecule has 0 bridgehead atoms. The molecule has 2 saturated heterocycles. The highest BCUT2D eigenvalue weighted by Gasteiger charge is 2.56. The van der Waals surface area contributed by atoms with Gasteiger partial charge in [0.15, 0.2) is 5.82 Å². The predicted octanol–water partition coefficient (Wildman–Crippen LogP) is 1.84. The van der Waals surface area contributed by atoms with Crippen molar-refractivity contribution >= 4 is 5.91 Å². The summed E-state index contributed by atoms with van der Waals surface area (Å²) in [5.41, 5.74) is 3.03. The molecule has 3 aromatic rings. The maximum absolute atomic E-state index is 13.2. The Bertz CT molecular complexity index is 1090. The number of fused-ring (bicyclic) bond motifs is 1. The van der Waals surface area contributed by atoms with E-state index in [0.717, 1.165) is 49.2 Å². The molecule has 2 atom stereocenters. The highest BCUT2D eigenvalue weighted by molar-refractivity contribution is 5.76. The molecule has 0 unspecified atom stereocenters. The highest BCUT2D eigenvalue weighted by atomic mass is 16.2. The van der Waals surface area contributed by atoms with Gasteiger partial charge in [-0.2, -0.15) is 10.2 Å². The Morgan fingerprint density at radius 1 is 1.16 bits per heavy atom. The average Bonchev–Trinajstić information content (AvgIpc) is 3.46. The van der Waals surface area contributed by atoms with Crippen molar-refractivity contribution in [2.24, 2.45) is 5.92 Å². The summed E-state index contributed by atoms with van der Waals surface area (Å²) in [4.78, 5) is 22.3. The fourth-order valence-electron chi connectivity index (χ4n) is 5.27. The summed E-state index contributed by atoms with van der Waals surface area (Å²) in [6, 6.07) is 12.6. The second-order valence-corrected chi connectivity index (χ2v) is 9.11. The van der Waals surface area contributed by atoms with Crippen LogP contribution in [0.15, 0.2) is 36.4 Å². The molecule has 5 rings (SSSR count). The molecule has 2 aliphatic heterocycles. The lowest BCUT2D eigenvalue weighted by Crippen LogP contribution is -2.41. The number of hydrogen-bond donors (Lipinski definition) is 1. The van der Waals surface area contributed by atoms with E-state index in [1.165, 1.54) is 5.56 Å². The van der Waals surface area contributed by atoms with E-state index in [1.54, 1.807) is 4.68 Å². The van der Waals surface area contributed by atoms with Gasteiger partial charge in [-0.05, 0) is 32.4 Å². The van der Waals surface area contributed by atoms with Gasteiger partial charge in [-0.3, -0.25) is 19.5 Å². The van der Waals surface area contributed by atoms with Gasteiger partial charge in [-0.15, -0.1) is 0 Å². The molecule has 4 heterocycles. The first-order valence-corrected chi connectivity index (χ1v) is 10.9. The fraction of sp³-hybridized carbons (Fsp3) is 0.478. The lowest BCUT2D eigenvalue weighted by Gasteiger charge is -2.27. The number of amides is 1. The Kier molecular flexibility index (Phi) is 4.89. The summed E-state index contributed by atoms with van der Waals surface area (Å²) in [5.74, 6) is 2.08. The van der Waals surface area contributed by atoms with Crippen LogP contribution in [0.5, 0.6) is 0 Å². The van der Waals surface area contributed by atoms with Crippen LogP contribution in [-0.4, -0.2) is 66.8 Å². The fourth-order valence-corrected chi connectivity index (χ4v) is 5.27. The van der Waals surface area contributed by atoms with Gasteiger partial charge >= 0.3 is 0 Å². The monoisotopic (exact) mass is 419 g/mol. The number of nitrogens with one attached hydrogen (secondary N) is 1. The number of aromatic nitrogens is 5. The summed E-state index contributed by atoms with van der Waals surface area (Å²) in [6.45, 7) is 10.2. The van der Waals surface area contributed by atoms with Gasteiger partial charge in [0, 0.05) is 44.3 Å². The van der Waals surface area contributed by atoms with Gasteiger partial charge < -0.3 is 4.90 Å². The largest absolute Gasteiger partial charge is 0.340 e. The Morgan fingerprint density at radius 2 is 1.97 bits per heavy atom. The van der Waals surface area contributed by atoms with Crippen molar-refractivity contribution < 1.29 is 4.79 Å². The number of aryl methyl sites for hydroxylation is 3. The third-order valence-corrected chi connectivity index (χ3v) is 6.71. The summed E-state index contributed by atoms with van der Waals surface area (Å²) >= 11 is 0. The molecule has 0 radical (unpaired) electrons. The third-order valence-electron chi connectivity index (χ3n) is 6.71. The Balaban J connectivity index is 1.36.